The van der Waals surface area contributed by atoms with E-state index in [0.717, 1.165) is 16.8 Å². The molecule has 1 amide bonds. The van der Waals surface area contributed by atoms with Gasteiger partial charge in [-0.05, 0) is 60.0 Å². The number of carbonyl (C=O) groups is 2. The Kier molecular flexibility index (Phi) is 7.74. The van der Waals surface area contributed by atoms with E-state index in [4.69, 9.17) is 21.1 Å². The van der Waals surface area contributed by atoms with Crippen LogP contribution < -0.4 is 14.4 Å². The molecule has 1 heterocycles. The summed E-state index contributed by atoms with van der Waals surface area (Å²) < 4.78 is 10.7. The number of ketones is 1. The van der Waals surface area contributed by atoms with Crippen molar-refractivity contribution in [2.24, 2.45) is 0 Å². The van der Waals surface area contributed by atoms with E-state index in [0.29, 0.717) is 28.5 Å². The van der Waals surface area contributed by atoms with Crippen LogP contribution >= 0.6 is 11.6 Å². The van der Waals surface area contributed by atoms with Crippen molar-refractivity contribution in [1.29, 1.82) is 0 Å². The Morgan fingerprint density at radius 3 is 2.19 bits per heavy atom. The van der Waals surface area contributed by atoms with E-state index in [-0.39, 0.29) is 17.9 Å². The van der Waals surface area contributed by atoms with E-state index in [1.807, 2.05) is 55.4 Å². The Labute approximate surface area is 221 Å². The van der Waals surface area contributed by atoms with Crippen LogP contribution in [0.25, 0.3) is 5.76 Å². The first-order chi connectivity index (χ1) is 17.7. The van der Waals surface area contributed by atoms with Crippen LogP contribution in [-0.4, -0.2) is 56.6 Å². The number of halogens is 1. The molecular formula is C29H29ClN2O5. The summed E-state index contributed by atoms with van der Waals surface area (Å²) >= 11 is 6.01. The zero-order valence-electron chi connectivity index (χ0n) is 21.2. The molecule has 3 aromatic rings. The molecule has 4 rings (SSSR count). The molecule has 8 heteroatoms. The molecule has 0 radical (unpaired) electrons. The number of hydrogen-bond donors (Lipinski definition) is 1. The number of benzene rings is 3. The number of likely N-dealkylation sites (tertiary alicyclic amines) is 1. The molecule has 7 nitrogen and oxygen atoms in total. The SMILES string of the molecule is COc1ccc(/C(O)=C2/C(=O)C(=O)N(CCc3ccc(Cl)cc3)C2c2ccc(N(C)C)cc2)cc1OC. The molecule has 0 bridgehead atoms. The smallest absolute Gasteiger partial charge is 0.295 e. The van der Waals surface area contributed by atoms with Crippen LogP contribution in [0.1, 0.15) is 22.7 Å². The zero-order valence-corrected chi connectivity index (χ0v) is 22.0. The lowest BCUT2D eigenvalue weighted by Gasteiger charge is -2.26. The highest BCUT2D eigenvalue weighted by molar-refractivity contribution is 6.46. The van der Waals surface area contributed by atoms with Crippen molar-refractivity contribution in [2.45, 2.75) is 12.5 Å². The van der Waals surface area contributed by atoms with Gasteiger partial charge < -0.3 is 24.4 Å². The molecule has 1 fully saturated rings. The van der Waals surface area contributed by atoms with E-state index >= 15 is 0 Å². The Balaban J connectivity index is 1.79. The minimum Gasteiger partial charge on any atom is -0.507 e. The molecule has 0 saturated carbocycles. The topological polar surface area (TPSA) is 79.3 Å². The van der Waals surface area contributed by atoms with E-state index in [1.54, 1.807) is 30.3 Å². The number of aliphatic hydroxyl groups is 1. The van der Waals surface area contributed by atoms with Crippen LogP contribution in [0.2, 0.25) is 5.02 Å². The first kappa shape index (κ1) is 26.1. The van der Waals surface area contributed by atoms with Crippen LogP contribution in [-0.2, 0) is 16.0 Å². The number of nitrogens with zero attached hydrogens (tertiary/aromatic N) is 2. The third-order valence-corrected chi connectivity index (χ3v) is 6.73. The summed E-state index contributed by atoms with van der Waals surface area (Å²) in [7, 11) is 6.87. The van der Waals surface area contributed by atoms with Gasteiger partial charge in [0.05, 0.1) is 25.8 Å². The van der Waals surface area contributed by atoms with Crippen LogP contribution in [0.5, 0.6) is 11.5 Å². The fourth-order valence-electron chi connectivity index (χ4n) is 4.45. The fourth-order valence-corrected chi connectivity index (χ4v) is 4.58. The maximum atomic E-state index is 13.3. The summed E-state index contributed by atoms with van der Waals surface area (Å²) in [5.74, 6) is -0.772. The summed E-state index contributed by atoms with van der Waals surface area (Å²) in [5.41, 5.74) is 3.06. The Hall–Kier alpha value is -3.97. The number of ether oxygens (including phenoxy) is 2. The van der Waals surface area contributed by atoms with Gasteiger partial charge in [0.1, 0.15) is 5.76 Å². The van der Waals surface area contributed by atoms with E-state index < -0.39 is 17.7 Å². The predicted octanol–water partition coefficient (Wildman–Crippen LogP) is 5.09. The maximum absolute atomic E-state index is 13.3. The van der Waals surface area contributed by atoms with Crippen LogP contribution in [0, 0.1) is 0 Å². The van der Waals surface area contributed by atoms with Crippen LogP contribution in [0.15, 0.2) is 72.3 Å². The van der Waals surface area contributed by atoms with Gasteiger partial charge in [0.15, 0.2) is 11.5 Å². The number of hydrogen-bond acceptors (Lipinski definition) is 6. The first-order valence-corrected chi connectivity index (χ1v) is 12.2. The standard InChI is InChI=1S/C29H29ClN2O5/c1-31(2)22-12-7-19(8-13-22)26-25(27(33)20-9-14-23(36-3)24(17-20)37-4)28(34)29(35)32(26)16-15-18-5-10-21(30)11-6-18/h5-14,17,26,33H,15-16H2,1-4H3/b27-25-. The van der Waals surface area contributed by atoms with Crippen molar-refractivity contribution in [3.63, 3.8) is 0 Å². The van der Waals surface area contributed by atoms with Gasteiger partial charge in [-0.3, -0.25) is 9.59 Å². The molecule has 1 aliphatic rings. The number of aliphatic hydroxyl groups excluding tert-OH is 1. The van der Waals surface area contributed by atoms with E-state index in [1.165, 1.54) is 19.1 Å². The largest absolute Gasteiger partial charge is 0.507 e. The second-order valence-corrected chi connectivity index (χ2v) is 9.36. The lowest BCUT2D eigenvalue weighted by molar-refractivity contribution is -0.139. The van der Waals surface area contributed by atoms with Crippen molar-refractivity contribution in [2.75, 3.05) is 39.8 Å². The molecule has 3 aromatic carbocycles. The molecule has 1 atom stereocenters. The first-order valence-electron chi connectivity index (χ1n) is 11.8. The minimum atomic E-state index is -0.753. The summed E-state index contributed by atoms with van der Waals surface area (Å²) in [6.07, 6.45) is 0.521. The Morgan fingerprint density at radius 1 is 0.946 bits per heavy atom. The van der Waals surface area contributed by atoms with Crippen LogP contribution in [0.4, 0.5) is 5.69 Å². The second kappa shape index (κ2) is 11.0. The van der Waals surface area contributed by atoms with Gasteiger partial charge in [-0.1, -0.05) is 35.9 Å². The van der Waals surface area contributed by atoms with Crippen molar-refractivity contribution >= 4 is 34.7 Å². The Bertz CT molecular complexity index is 1330. The predicted molar refractivity (Wildman–Crippen MR) is 144 cm³/mol. The van der Waals surface area contributed by atoms with Gasteiger partial charge in [0.2, 0.25) is 0 Å². The van der Waals surface area contributed by atoms with Gasteiger partial charge in [0, 0.05) is 36.9 Å². The van der Waals surface area contributed by atoms with E-state index in [9.17, 15) is 14.7 Å². The number of amides is 1. The van der Waals surface area contributed by atoms with Crippen molar-refractivity contribution in [3.05, 3.63) is 94.0 Å². The molecular weight excluding hydrogens is 492 g/mol. The Morgan fingerprint density at radius 2 is 1.59 bits per heavy atom. The molecule has 1 N–H and O–H groups in total. The molecule has 37 heavy (non-hydrogen) atoms. The average Bonchev–Trinajstić information content (AvgIpc) is 3.16. The lowest BCUT2D eigenvalue weighted by Crippen LogP contribution is -2.31. The van der Waals surface area contributed by atoms with Gasteiger partial charge in [-0.15, -0.1) is 0 Å². The number of anilines is 1. The summed E-state index contributed by atoms with van der Waals surface area (Å²) in [5, 5.41) is 12.0. The summed E-state index contributed by atoms with van der Waals surface area (Å²) in [4.78, 5) is 30.1. The average molecular weight is 521 g/mol. The van der Waals surface area contributed by atoms with Crippen LogP contribution in [0.3, 0.4) is 0 Å². The van der Waals surface area contributed by atoms with Crippen molar-refractivity contribution < 1.29 is 24.2 Å². The number of carbonyl (C=O) groups excluding carboxylic acids is 2. The molecule has 192 valence electrons. The van der Waals surface area contributed by atoms with Gasteiger partial charge in [0.25, 0.3) is 11.7 Å². The van der Waals surface area contributed by atoms with Crippen molar-refractivity contribution in [3.8, 4) is 11.5 Å². The highest BCUT2D eigenvalue weighted by Crippen LogP contribution is 2.41. The number of rotatable bonds is 8. The quantitative estimate of drug-likeness (QED) is 0.253. The normalized spacial score (nSPS) is 16.7. The van der Waals surface area contributed by atoms with E-state index in [2.05, 4.69) is 0 Å². The molecule has 0 aliphatic carbocycles. The van der Waals surface area contributed by atoms with Gasteiger partial charge >= 0.3 is 0 Å². The number of Topliss-reactive ketones (excluding diaryl/α,β-unsaturated/α-hetero) is 1. The monoisotopic (exact) mass is 520 g/mol. The zero-order chi connectivity index (χ0) is 26.7. The highest BCUT2D eigenvalue weighted by Gasteiger charge is 2.45. The minimum absolute atomic E-state index is 0.0333. The fraction of sp³-hybridized carbons (Fsp3) is 0.241. The van der Waals surface area contributed by atoms with Gasteiger partial charge in [-0.2, -0.15) is 0 Å². The van der Waals surface area contributed by atoms with Crippen molar-refractivity contribution in [1.82, 2.24) is 4.90 Å². The molecule has 1 aliphatic heterocycles. The molecule has 1 unspecified atom stereocenters. The third kappa shape index (κ3) is 5.27. The molecule has 0 spiro atoms. The summed E-state index contributed by atoms with van der Waals surface area (Å²) in [6.45, 7) is 0.287. The highest BCUT2D eigenvalue weighted by atomic mass is 35.5. The number of methoxy groups -OCH3 is 2. The molecule has 1 saturated heterocycles. The third-order valence-electron chi connectivity index (χ3n) is 6.48. The van der Waals surface area contributed by atoms with Gasteiger partial charge in [-0.25, -0.2) is 0 Å². The summed E-state index contributed by atoms with van der Waals surface area (Å²) in [6, 6.07) is 19.1. The lowest BCUT2D eigenvalue weighted by atomic mass is 9.94. The maximum Gasteiger partial charge on any atom is 0.295 e. The molecule has 0 aromatic heterocycles. The second-order valence-electron chi connectivity index (χ2n) is 8.92.